The van der Waals surface area contributed by atoms with Crippen molar-refractivity contribution in [2.24, 2.45) is 5.10 Å². The molecule has 0 aliphatic carbocycles. The molecule has 24 heavy (non-hydrogen) atoms. The molecule has 3 rings (SSSR count). The van der Waals surface area contributed by atoms with Gasteiger partial charge in [-0.1, -0.05) is 24.3 Å². The van der Waals surface area contributed by atoms with Gasteiger partial charge in [0, 0.05) is 24.7 Å². The molecule has 2 aromatic carbocycles. The molecule has 0 aromatic heterocycles. The molecule has 0 amide bonds. The molecule has 0 bridgehead atoms. The summed E-state index contributed by atoms with van der Waals surface area (Å²) in [6.07, 6.45) is 1.57. The summed E-state index contributed by atoms with van der Waals surface area (Å²) in [6.45, 7) is 2.48. The summed E-state index contributed by atoms with van der Waals surface area (Å²) in [6, 6.07) is 14.6. The molecule has 0 unspecified atom stereocenters. The van der Waals surface area contributed by atoms with Crippen LogP contribution in [0.4, 0.5) is 17.1 Å². The minimum atomic E-state index is -0.354. The summed E-state index contributed by atoms with van der Waals surface area (Å²) >= 11 is 0. The molecule has 2 aromatic rings. The SMILES string of the molecule is O=[N+]([O-])c1cc(/C=N/Nc2ccccc2)ccc1N1CCOCC1. The number of hydrazone groups is 1. The van der Waals surface area contributed by atoms with Crippen molar-refractivity contribution in [2.45, 2.75) is 0 Å². The smallest absolute Gasteiger partial charge is 0.293 e. The van der Waals surface area contributed by atoms with Crippen molar-refractivity contribution < 1.29 is 9.66 Å². The zero-order chi connectivity index (χ0) is 16.8. The van der Waals surface area contributed by atoms with Gasteiger partial charge < -0.3 is 9.64 Å². The van der Waals surface area contributed by atoms with E-state index in [1.54, 1.807) is 18.3 Å². The number of benzene rings is 2. The number of nitro groups is 1. The second-order valence-electron chi connectivity index (χ2n) is 5.34. The fourth-order valence-electron chi connectivity index (χ4n) is 2.53. The average molecular weight is 326 g/mol. The lowest BCUT2D eigenvalue weighted by Crippen LogP contribution is -2.36. The molecular weight excluding hydrogens is 308 g/mol. The van der Waals surface area contributed by atoms with Crippen LogP contribution in [0.5, 0.6) is 0 Å². The van der Waals surface area contributed by atoms with Gasteiger partial charge in [-0.25, -0.2) is 0 Å². The van der Waals surface area contributed by atoms with Crippen LogP contribution in [0.2, 0.25) is 0 Å². The van der Waals surface area contributed by atoms with Crippen molar-refractivity contribution in [3.8, 4) is 0 Å². The van der Waals surface area contributed by atoms with E-state index in [9.17, 15) is 10.1 Å². The molecule has 124 valence electrons. The molecule has 1 heterocycles. The van der Waals surface area contributed by atoms with E-state index in [-0.39, 0.29) is 10.6 Å². The summed E-state index contributed by atoms with van der Waals surface area (Å²) in [5.74, 6) is 0. The molecule has 1 fully saturated rings. The van der Waals surface area contributed by atoms with Gasteiger partial charge in [0.1, 0.15) is 5.69 Å². The Morgan fingerprint density at radius 1 is 1.17 bits per heavy atom. The quantitative estimate of drug-likeness (QED) is 0.519. The van der Waals surface area contributed by atoms with Gasteiger partial charge in [-0.15, -0.1) is 0 Å². The highest BCUT2D eigenvalue weighted by atomic mass is 16.6. The second-order valence-corrected chi connectivity index (χ2v) is 5.34. The first kappa shape index (κ1) is 15.9. The standard InChI is InChI=1S/C17H18N4O3/c22-21(23)17-12-14(13-18-19-15-4-2-1-3-5-15)6-7-16(17)20-8-10-24-11-9-20/h1-7,12-13,19H,8-11H2/b18-13+. The Labute approximate surface area is 139 Å². The third-order valence-corrected chi connectivity index (χ3v) is 3.73. The Hall–Kier alpha value is -2.93. The maximum absolute atomic E-state index is 11.4. The van der Waals surface area contributed by atoms with E-state index in [2.05, 4.69) is 10.5 Å². The summed E-state index contributed by atoms with van der Waals surface area (Å²) in [5, 5.41) is 15.5. The topological polar surface area (TPSA) is 80.0 Å². The van der Waals surface area contributed by atoms with E-state index < -0.39 is 0 Å². The van der Waals surface area contributed by atoms with E-state index in [1.807, 2.05) is 41.3 Å². The van der Waals surface area contributed by atoms with Crippen molar-refractivity contribution in [3.05, 3.63) is 64.2 Å². The van der Waals surface area contributed by atoms with Crippen LogP contribution in [0.3, 0.4) is 0 Å². The van der Waals surface area contributed by atoms with Crippen LogP contribution in [0.1, 0.15) is 5.56 Å². The highest BCUT2D eigenvalue weighted by molar-refractivity contribution is 5.83. The normalized spacial score (nSPS) is 14.8. The molecule has 0 atom stereocenters. The van der Waals surface area contributed by atoms with Crippen LogP contribution in [-0.2, 0) is 4.74 Å². The second kappa shape index (κ2) is 7.56. The molecule has 0 radical (unpaired) electrons. The number of anilines is 2. The van der Waals surface area contributed by atoms with Gasteiger partial charge in [-0.2, -0.15) is 5.10 Å². The Balaban J connectivity index is 1.77. The zero-order valence-corrected chi connectivity index (χ0v) is 13.1. The van der Waals surface area contributed by atoms with Crippen LogP contribution < -0.4 is 10.3 Å². The number of morpholine rings is 1. The highest BCUT2D eigenvalue weighted by Crippen LogP contribution is 2.29. The minimum Gasteiger partial charge on any atom is -0.378 e. The number of nitrogens with zero attached hydrogens (tertiary/aromatic N) is 3. The molecule has 1 N–H and O–H groups in total. The predicted molar refractivity (Wildman–Crippen MR) is 93.8 cm³/mol. The van der Waals surface area contributed by atoms with E-state index in [0.29, 0.717) is 37.6 Å². The Morgan fingerprint density at radius 2 is 1.92 bits per heavy atom. The molecule has 7 heteroatoms. The first-order chi connectivity index (χ1) is 11.7. The summed E-state index contributed by atoms with van der Waals surface area (Å²) in [5.41, 5.74) is 5.12. The van der Waals surface area contributed by atoms with Gasteiger partial charge >= 0.3 is 0 Å². The fourth-order valence-corrected chi connectivity index (χ4v) is 2.53. The first-order valence-corrected chi connectivity index (χ1v) is 7.69. The van der Waals surface area contributed by atoms with Crippen molar-refractivity contribution in [3.63, 3.8) is 0 Å². The lowest BCUT2D eigenvalue weighted by molar-refractivity contribution is -0.384. The van der Waals surface area contributed by atoms with Gasteiger partial charge in [0.15, 0.2) is 0 Å². The molecule has 1 aliphatic heterocycles. The van der Waals surface area contributed by atoms with Crippen LogP contribution in [-0.4, -0.2) is 37.4 Å². The highest BCUT2D eigenvalue weighted by Gasteiger charge is 2.21. The monoisotopic (exact) mass is 326 g/mol. The van der Waals surface area contributed by atoms with Gasteiger partial charge in [0.05, 0.1) is 30.0 Å². The van der Waals surface area contributed by atoms with Crippen molar-refractivity contribution >= 4 is 23.3 Å². The third-order valence-electron chi connectivity index (χ3n) is 3.73. The van der Waals surface area contributed by atoms with Crippen LogP contribution in [0.15, 0.2) is 53.6 Å². The lowest BCUT2D eigenvalue weighted by Gasteiger charge is -2.28. The van der Waals surface area contributed by atoms with E-state index in [4.69, 9.17) is 4.74 Å². The van der Waals surface area contributed by atoms with Crippen LogP contribution >= 0.6 is 0 Å². The maximum Gasteiger partial charge on any atom is 0.293 e. The van der Waals surface area contributed by atoms with Crippen molar-refractivity contribution in [1.82, 2.24) is 0 Å². The van der Waals surface area contributed by atoms with E-state index >= 15 is 0 Å². The Morgan fingerprint density at radius 3 is 2.62 bits per heavy atom. The maximum atomic E-state index is 11.4. The number of hydrogen-bond acceptors (Lipinski definition) is 6. The van der Waals surface area contributed by atoms with Crippen LogP contribution in [0.25, 0.3) is 0 Å². The summed E-state index contributed by atoms with van der Waals surface area (Å²) < 4.78 is 5.30. The summed E-state index contributed by atoms with van der Waals surface area (Å²) in [7, 11) is 0. The summed E-state index contributed by atoms with van der Waals surface area (Å²) in [4.78, 5) is 13.0. The van der Waals surface area contributed by atoms with Gasteiger partial charge in [0.25, 0.3) is 5.69 Å². The van der Waals surface area contributed by atoms with Crippen LogP contribution in [0, 0.1) is 10.1 Å². The number of nitro benzene ring substituents is 1. The Bertz CT molecular complexity index is 728. The lowest BCUT2D eigenvalue weighted by atomic mass is 10.1. The molecule has 1 saturated heterocycles. The number of para-hydroxylation sites is 1. The van der Waals surface area contributed by atoms with Crippen molar-refractivity contribution in [2.75, 3.05) is 36.6 Å². The number of ether oxygens (including phenoxy) is 1. The van der Waals surface area contributed by atoms with Gasteiger partial charge in [-0.3, -0.25) is 15.5 Å². The van der Waals surface area contributed by atoms with Crippen molar-refractivity contribution in [1.29, 1.82) is 0 Å². The van der Waals surface area contributed by atoms with Gasteiger partial charge in [-0.05, 0) is 18.2 Å². The number of hydrogen-bond donors (Lipinski definition) is 1. The van der Waals surface area contributed by atoms with E-state index in [1.165, 1.54) is 0 Å². The molecule has 1 aliphatic rings. The largest absolute Gasteiger partial charge is 0.378 e. The van der Waals surface area contributed by atoms with E-state index in [0.717, 1.165) is 5.69 Å². The third kappa shape index (κ3) is 3.88. The molecule has 0 saturated carbocycles. The van der Waals surface area contributed by atoms with Gasteiger partial charge in [0.2, 0.25) is 0 Å². The fraction of sp³-hybridized carbons (Fsp3) is 0.235. The first-order valence-electron chi connectivity index (χ1n) is 7.69. The predicted octanol–water partition coefficient (Wildman–Crippen LogP) is 2.88. The zero-order valence-electron chi connectivity index (χ0n) is 13.1. The average Bonchev–Trinajstić information content (AvgIpc) is 2.63. The molecular formula is C17H18N4O3. The Kier molecular flexibility index (Phi) is 5.02. The number of nitrogens with one attached hydrogen (secondary N) is 1. The number of rotatable bonds is 5. The molecule has 0 spiro atoms. The minimum absolute atomic E-state index is 0.0839. The molecule has 7 nitrogen and oxygen atoms in total.